The summed E-state index contributed by atoms with van der Waals surface area (Å²) in [5, 5.41) is 7.18. The SMILES string of the molecule is C=C(Cc1ccc(OC)c(CC)c1)N=C(N)N.CC(C)CCC=O.CNCc1cccc(-n2cncn2)c1. The molecule has 0 atom stereocenters. The van der Waals surface area contributed by atoms with Gasteiger partial charge in [-0.3, -0.25) is 0 Å². The zero-order valence-electron chi connectivity index (χ0n) is 23.4. The number of aldehydes is 1. The Morgan fingerprint density at radius 1 is 1.21 bits per heavy atom. The maximum atomic E-state index is 9.71. The van der Waals surface area contributed by atoms with Crippen molar-refractivity contribution >= 4 is 12.2 Å². The second-order valence-electron chi connectivity index (χ2n) is 8.96. The van der Waals surface area contributed by atoms with Crippen molar-refractivity contribution in [3.63, 3.8) is 0 Å². The lowest BCUT2D eigenvalue weighted by Gasteiger charge is -2.09. The van der Waals surface area contributed by atoms with Crippen LogP contribution < -0.4 is 21.5 Å². The van der Waals surface area contributed by atoms with E-state index in [-0.39, 0.29) is 5.96 Å². The molecule has 0 fully saturated rings. The van der Waals surface area contributed by atoms with Crippen LogP contribution in [0.4, 0.5) is 0 Å². The molecular weight excluding hydrogens is 478 g/mol. The molecule has 206 valence electrons. The zero-order chi connectivity index (χ0) is 28.3. The van der Waals surface area contributed by atoms with Gasteiger partial charge in [-0.2, -0.15) is 5.10 Å². The van der Waals surface area contributed by atoms with E-state index in [0.29, 0.717) is 18.0 Å². The second kappa shape index (κ2) is 18.3. The van der Waals surface area contributed by atoms with Crippen LogP contribution in [-0.4, -0.2) is 41.2 Å². The van der Waals surface area contributed by atoms with Crippen molar-refractivity contribution in [1.29, 1.82) is 0 Å². The topological polar surface area (TPSA) is 133 Å². The fraction of sp³-hybridized carbons (Fsp3) is 0.379. The molecule has 3 aromatic rings. The van der Waals surface area contributed by atoms with Crippen molar-refractivity contribution in [3.8, 4) is 11.4 Å². The number of nitrogens with one attached hydrogen (secondary N) is 1. The number of methoxy groups -OCH3 is 1. The summed E-state index contributed by atoms with van der Waals surface area (Å²) in [5.41, 5.74) is 15.8. The van der Waals surface area contributed by atoms with Crippen LogP contribution in [0.2, 0.25) is 0 Å². The molecule has 38 heavy (non-hydrogen) atoms. The Bertz CT molecular complexity index is 1120. The minimum atomic E-state index is 0.0410. The fourth-order valence-electron chi connectivity index (χ4n) is 3.43. The Hall–Kier alpha value is -3.98. The van der Waals surface area contributed by atoms with Gasteiger partial charge in [0.1, 0.15) is 24.7 Å². The monoisotopic (exact) mass is 521 g/mol. The van der Waals surface area contributed by atoms with Crippen LogP contribution in [0.5, 0.6) is 5.75 Å². The van der Waals surface area contributed by atoms with Gasteiger partial charge < -0.3 is 26.3 Å². The second-order valence-corrected chi connectivity index (χ2v) is 8.96. The third-order valence-corrected chi connectivity index (χ3v) is 5.26. The lowest BCUT2D eigenvalue weighted by Crippen LogP contribution is -2.22. The number of nitrogens with zero attached hydrogens (tertiary/aromatic N) is 4. The van der Waals surface area contributed by atoms with E-state index in [0.717, 1.165) is 49.1 Å². The predicted octanol–water partition coefficient (Wildman–Crippen LogP) is 4.20. The summed E-state index contributed by atoms with van der Waals surface area (Å²) in [7, 11) is 3.61. The van der Waals surface area contributed by atoms with Gasteiger partial charge in [-0.05, 0) is 60.7 Å². The van der Waals surface area contributed by atoms with Crippen LogP contribution in [0.25, 0.3) is 5.69 Å². The highest BCUT2D eigenvalue weighted by Gasteiger charge is 2.04. The molecule has 5 N–H and O–H groups in total. The number of aromatic nitrogens is 3. The molecule has 0 bridgehead atoms. The van der Waals surface area contributed by atoms with Crippen molar-refractivity contribution in [3.05, 3.63) is 84.1 Å². The first-order valence-corrected chi connectivity index (χ1v) is 12.7. The van der Waals surface area contributed by atoms with E-state index in [9.17, 15) is 4.79 Å². The van der Waals surface area contributed by atoms with E-state index in [2.05, 4.69) is 65.9 Å². The average Bonchev–Trinajstić information content (AvgIpc) is 3.43. The molecule has 0 aliphatic carbocycles. The van der Waals surface area contributed by atoms with Crippen molar-refractivity contribution in [2.75, 3.05) is 14.2 Å². The lowest BCUT2D eigenvalue weighted by molar-refractivity contribution is -0.108. The summed E-state index contributed by atoms with van der Waals surface area (Å²) in [6.07, 6.45) is 7.51. The van der Waals surface area contributed by atoms with E-state index in [1.165, 1.54) is 17.5 Å². The number of guanidine groups is 1. The van der Waals surface area contributed by atoms with Crippen LogP contribution in [0, 0.1) is 5.92 Å². The van der Waals surface area contributed by atoms with Gasteiger partial charge in [-0.1, -0.05) is 51.6 Å². The van der Waals surface area contributed by atoms with Crippen LogP contribution in [0.1, 0.15) is 50.3 Å². The lowest BCUT2D eigenvalue weighted by atomic mass is 10.0. The first kappa shape index (κ1) is 32.0. The van der Waals surface area contributed by atoms with Crippen molar-refractivity contribution in [2.24, 2.45) is 22.4 Å². The van der Waals surface area contributed by atoms with E-state index < -0.39 is 0 Å². The number of hydrogen-bond donors (Lipinski definition) is 3. The first-order chi connectivity index (χ1) is 18.2. The van der Waals surface area contributed by atoms with E-state index in [4.69, 9.17) is 16.2 Å². The molecular formula is C29H43N7O2. The summed E-state index contributed by atoms with van der Waals surface area (Å²) in [4.78, 5) is 17.5. The maximum absolute atomic E-state index is 9.71. The molecule has 0 spiro atoms. The average molecular weight is 522 g/mol. The van der Waals surface area contributed by atoms with Crippen LogP contribution in [0.3, 0.4) is 0 Å². The third-order valence-electron chi connectivity index (χ3n) is 5.26. The summed E-state index contributed by atoms with van der Waals surface area (Å²) in [6, 6.07) is 14.2. The quantitative estimate of drug-likeness (QED) is 0.196. The number of ether oxygens (including phenoxy) is 1. The van der Waals surface area contributed by atoms with Crippen molar-refractivity contribution in [2.45, 2.75) is 53.0 Å². The number of carbonyl (C=O) groups excluding carboxylic acids is 1. The van der Waals surface area contributed by atoms with Gasteiger partial charge in [-0.15, -0.1) is 0 Å². The number of hydrogen-bond acceptors (Lipinski definition) is 6. The molecule has 1 aromatic heterocycles. The summed E-state index contributed by atoms with van der Waals surface area (Å²) in [6.45, 7) is 11.0. The minimum Gasteiger partial charge on any atom is -0.496 e. The molecule has 0 amide bonds. The number of nitrogens with two attached hydrogens (primary N) is 2. The molecule has 0 saturated heterocycles. The highest BCUT2D eigenvalue weighted by Crippen LogP contribution is 2.21. The van der Waals surface area contributed by atoms with E-state index in [1.54, 1.807) is 18.1 Å². The number of benzene rings is 2. The van der Waals surface area contributed by atoms with Gasteiger partial charge in [0.2, 0.25) is 0 Å². The standard InChI is InChI=1S/C13H19N3O.C10H12N4.C6H12O/c1-4-11-8-10(5-6-12(11)17-3)7-9(2)16-13(14)15;1-11-6-9-3-2-4-10(5-9)14-8-12-7-13-14;1-6(2)4-3-5-7/h5-6,8H,2,4,7H2,1,3H3,(H4,14,15,16);2-5,7-8,11H,6H2,1H3;5-6H,3-4H2,1-2H3. The van der Waals surface area contributed by atoms with Gasteiger partial charge >= 0.3 is 0 Å². The third kappa shape index (κ3) is 12.8. The van der Waals surface area contributed by atoms with Gasteiger partial charge in [0.15, 0.2) is 5.96 Å². The zero-order valence-corrected chi connectivity index (χ0v) is 23.4. The molecule has 9 heteroatoms. The summed E-state index contributed by atoms with van der Waals surface area (Å²) in [5.74, 6) is 1.62. The predicted molar refractivity (Wildman–Crippen MR) is 155 cm³/mol. The molecule has 0 saturated carbocycles. The molecule has 9 nitrogen and oxygen atoms in total. The van der Waals surface area contributed by atoms with Gasteiger partial charge in [-0.25, -0.2) is 14.7 Å². The number of aryl methyl sites for hydroxylation is 1. The number of aliphatic imine (C=N–C) groups is 1. The number of rotatable bonds is 11. The van der Waals surface area contributed by atoms with Gasteiger partial charge in [0.25, 0.3) is 0 Å². The van der Waals surface area contributed by atoms with Gasteiger partial charge in [0, 0.05) is 25.1 Å². The van der Waals surface area contributed by atoms with Gasteiger partial charge in [0.05, 0.1) is 12.8 Å². The Kier molecular flexibility index (Phi) is 15.4. The van der Waals surface area contributed by atoms with Crippen molar-refractivity contribution in [1.82, 2.24) is 20.1 Å². The summed E-state index contributed by atoms with van der Waals surface area (Å²) < 4.78 is 7.02. The number of carbonyl (C=O) groups is 1. The largest absolute Gasteiger partial charge is 0.496 e. The van der Waals surface area contributed by atoms with Crippen LogP contribution >= 0.6 is 0 Å². The molecule has 0 unspecified atom stereocenters. The Morgan fingerprint density at radius 3 is 2.50 bits per heavy atom. The molecule has 1 heterocycles. The molecule has 2 aromatic carbocycles. The normalized spacial score (nSPS) is 9.95. The molecule has 0 aliphatic rings. The fourth-order valence-corrected chi connectivity index (χ4v) is 3.43. The van der Waals surface area contributed by atoms with E-state index in [1.807, 2.05) is 31.3 Å². The van der Waals surface area contributed by atoms with Crippen molar-refractivity contribution < 1.29 is 9.53 Å². The molecule has 0 aliphatic heterocycles. The smallest absolute Gasteiger partial charge is 0.190 e. The van der Waals surface area contributed by atoms with Crippen LogP contribution in [-0.2, 0) is 24.2 Å². The molecule has 0 radical (unpaired) electrons. The van der Waals surface area contributed by atoms with Crippen LogP contribution in [0.15, 0.2) is 72.4 Å². The highest BCUT2D eigenvalue weighted by molar-refractivity contribution is 5.76. The Labute approximate surface area is 227 Å². The Balaban J connectivity index is 0.000000309. The Morgan fingerprint density at radius 2 is 1.97 bits per heavy atom. The highest BCUT2D eigenvalue weighted by atomic mass is 16.5. The molecule has 3 rings (SSSR count). The van der Waals surface area contributed by atoms with E-state index >= 15 is 0 Å². The first-order valence-electron chi connectivity index (χ1n) is 12.7. The minimum absolute atomic E-state index is 0.0410. The number of allylic oxidation sites excluding steroid dienone is 1. The summed E-state index contributed by atoms with van der Waals surface area (Å²) >= 11 is 0. The maximum Gasteiger partial charge on any atom is 0.190 e.